The fraction of sp³-hybridized carbons (Fsp3) is 0.125. The molecule has 0 spiro atoms. The fourth-order valence-corrected chi connectivity index (χ4v) is 3.35. The van der Waals surface area contributed by atoms with Crippen LogP contribution in [0.5, 0.6) is 5.75 Å². The monoisotopic (exact) mass is 401 g/mol. The van der Waals surface area contributed by atoms with Crippen molar-refractivity contribution >= 4 is 50.0 Å². The number of anilines is 2. The second-order valence-electron chi connectivity index (χ2n) is 5.10. The van der Waals surface area contributed by atoms with Crippen molar-refractivity contribution < 1.29 is 22.7 Å². The van der Waals surface area contributed by atoms with E-state index in [2.05, 4.69) is 15.6 Å². The number of hydrogen-bond acceptors (Lipinski definition) is 4. The van der Waals surface area contributed by atoms with Crippen LogP contribution >= 0.6 is 22.9 Å². The molecular formula is C16H11ClF3N3O2S. The number of benzene rings is 2. The van der Waals surface area contributed by atoms with Crippen LogP contribution in [-0.2, 0) is 6.18 Å². The van der Waals surface area contributed by atoms with E-state index in [0.717, 1.165) is 23.5 Å². The van der Waals surface area contributed by atoms with Crippen molar-refractivity contribution in [1.29, 1.82) is 0 Å². The molecule has 0 unspecified atom stereocenters. The molecule has 0 radical (unpaired) electrons. The third kappa shape index (κ3) is 3.83. The van der Waals surface area contributed by atoms with E-state index in [-0.39, 0.29) is 10.8 Å². The van der Waals surface area contributed by atoms with Crippen LogP contribution in [-0.4, -0.2) is 18.1 Å². The van der Waals surface area contributed by atoms with Crippen molar-refractivity contribution in [3.8, 4) is 5.75 Å². The number of amides is 2. The van der Waals surface area contributed by atoms with Crippen LogP contribution in [0.2, 0.25) is 5.02 Å². The number of urea groups is 1. The average Bonchev–Trinajstić information content (AvgIpc) is 2.99. The quantitative estimate of drug-likeness (QED) is 0.598. The molecule has 0 atom stereocenters. The van der Waals surface area contributed by atoms with Crippen molar-refractivity contribution in [2.24, 2.45) is 0 Å². The first-order valence-corrected chi connectivity index (χ1v) is 8.35. The third-order valence-electron chi connectivity index (χ3n) is 3.35. The molecule has 3 rings (SSSR count). The number of fused-ring (bicyclic) bond motifs is 1. The second kappa shape index (κ2) is 7.00. The summed E-state index contributed by atoms with van der Waals surface area (Å²) in [6, 6.07) is 6.90. The predicted molar refractivity (Wildman–Crippen MR) is 95.3 cm³/mol. The maximum Gasteiger partial charge on any atom is 0.416 e. The van der Waals surface area contributed by atoms with Gasteiger partial charge in [0.25, 0.3) is 0 Å². The largest absolute Gasteiger partial charge is 0.494 e. The molecule has 3 aromatic rings. The Hall–Kier alpha value is -2.52. The Kier molecular flexibility index (Phi) is 4.92. The average molecular weight is 402 g/mol. The van der Waals surface area contributed by atoms with Gasteiger partial charge in [-0.05, 0) is 30.3 Å². The molecule has 1 heterocycles. The van der Waals surface area contributed by atoms with Crippen LogP contribution in [0, 0.1) is 0 Å². The lowest BCUT2D eigenvalue weighted by Gasteiger charge is -2.09. The van der Waals surface area contributed by atoms with Gasteiger partial charge in [0.2, 0.25) is 0 Å². The molecular weight excluding hydrogens is 391 g/mol. The Morgan fingerprint density at radius 1 is 1.23 bits per heavy atom. The summed E-state index contributed by atoms with van der Waals surface area (Å²) in [5.74, 6) is 0.493. The van der Waals surface area contributed by atoms with Crippen LogP contribution in [0.25, 0.3) is 10.2 Å². The molecule has 26 heavy (non-hydrogen) atoms. The summed E-state index contributed by atoms with van der Waals surface area (Å²) in [6.07, 6.45) is -4.49. The summed E-state index contributed by atoms with van der Waals surface area (Å²) in [7, 11) is 1.48. The molecule has 1 aromatic heterocycles. The fourth-order valence-electron chi connectivity index (χ4n) is 2.20. The van der Waals surface area contributed by atoms with E-state index >= 15 is 0 Å². The Morgan fingerprint density at radius 3 is 2.69 bits per heavy atom. The number of alkyl halides is 3. The molecule has 0 saturated carbocycles. The van der Waals surface area contributed by atoms with Gasteiger partial charge in [-0.2, -0.15) is 13.2 Å². The zero-order valence-electron chi connectivity index (χ0n) is 13.1. The number of thiazole rings is 1. The van der Waals surface area contributed by atoms with E-state index < -0.39 is 17.8 Å². The van der Waals surface area contributed by atoms with Crippen molar-refractivity contribution in [3.63, 3.8) is 0 Å². The second-order valence-corrected chi connectivity index (χ2v) is 6.51. The number of hydrogen-bond donors (Lipinski definition) is 2. The molecule has 0 aliphatic rings. The normalized spacial score (nSPS) is 11.4. The number of nitrogens with one attached hydrogen (secondary N) is 2. The minimum absolute atomic E-state index is 0.00838. The van der Waals surface area contributed by atoms with E-state index in [4.69, 9.17) is 16.3 Å². The van der Waals surface area contributed by atoms with Crippen molar-refractivity contribution in [1.82, 2.24) is 4.98 Å². The summed E-state index contributed by atoms with van der Waals surface area (Å²) in [6.45, 7) is 0. The highest BCUT2D eigenvalue weighted by Gasteiger charge is 2.30. The zero-order valence-corrected chi connectivity index (χ0v) is 14.7. The third-order valence-corrected chi connectivity index (χ3v) is 4.78. The number of ether oxygens (including phenoxy) is 1. The van der Waals surface area contributed by atoms with Crippen LogP contribution in [0.1, 0.15) is 5.56 Å². The highest BCUT2D eigenvalue weighted by atomic mass is 35.5. The molecule has 0 fully saturated rings. The maximum atomic E-state index is 12.7. The summed E-state index contributed by atoms with van der Waals surface area (Å²) < 4.78 is 44.0. The van der Waals surface area contributed by atoms with Gasteiger partial charge in [-0.1, -0.05) is 29.0 Å². The van der Waals surface area contributed by atoms with Gasteiger partial charge >= 0.3 is 12.2 Å². The molecule has 10 heteroatoms. The van der Waals surface area contributed by atoms with Gasteiger partial charge in [0.15, 0.2) is 5.13 Å². The molecule has 0 bridgehead atoms. The number of rotatable bonds is 3. The first kappa shape index (κ1) is 18.3. The summed E-state index contributed by atoms with van der Waals surface area (Å²) in [5.41, 5.74) is -0.361. The molecule has 2 aromatic carbocycles. The topological polar surface area (TPSA) is 63.2 Å². The van der Waals surface area contributed by atoms with Crippen LogP contribution in [0.3, 0.4) is 0 Å². The van der Waals surface area contributed by atoms with Gasteiger partial charge in [-0.25, -0.2) is 9.78 Å². The minimum atomic E-state index is -4.49. The molecule has 136 valence electrons. The summed E-state index contributed by atoms with van der Waals surface area (Å²) in [4.78, 5) is 16.3. The van der Waals surface area contributed by atoms with E-state index in [9.17, 15) is 18.0 Å². The summed E-state index contributed by atoms with van der Waals surface area (Å²) >= 11 is 7.23. The first-order chi connectivity index (χ1) is 12.3. The van der Waals surface area contributed by atoms with Crippen LogP contribution in [0.15, 0.2) is 36.4 Å². The number of halogens is 4. The van der Waals surface area contributed by atoms with Gasteiger partial charge < -0.3 is 10.1 Å². The first-order valence-electron chi connectivity index (χ1n) is 7.16. The van der Waals surface area contributed by atoms with Gasteiger partial charge in [-0.15, -0.1) is 0 Å². The van der Waals surface area contributed by atoms with E-state index in [0.29, 0.717) is 21.0 Å². The lowest BCUT2D eigenvalue weighted by molar-refractivity contribution is -0.137. The lowest BCUT2D eigenvalue weighted by atomic mass is 10.2. The Morgan fingerprint density at radius 2 is 2.00 bits per heavy atom. The van der Waals surface area contributed by atoms with Gasteiger partial charge in [-0.3, -0.25) is 5.32 Å². The van der Waals surface area contributed by atoms with Crippen LogP contribution in [0.4, 0.5) is 28.8 Å². The number of carbonyl (C=O) groups is 1. The number of methoxy groups -OCH3 is 1. The number of aromatic nitrogens is 1. The van der Waals surface area contributed by atoms with Gasteiger partial charge in [0.05, 0.1) is 22.4 Å². The number of carbonyl (C=O) groups excluding carboxylic acids is 1. The molecule has 2 amide bonds. The molecule has 0 aliphatic heterocycles. The zero-order chi connectivity index (χ0) is 18.9. The molecule has 0 saturated heterocycles. The Labute approximate surface area is 154 Å². The van der Waals surface area contributed by atoms with Crippen molar-refractivity contribution in [2.75, 3.05) is 17.7 Å². The molecule has 2 N–H and O–H groups in total. The smallest absolute Gasteiger partial charge is 0.416 e. The van der Waals surface area contributed by atoms with Crippen molar-refractivity contribution in [3.05, 3.63) is 47.0 Å². The van der Waals surface area contributed by atoms with Crippen molar-refractivity contribution in [2.45, 2.75) is 6.18 Å². The molecule has 0 aliphatic carbocycles. The SMILES string of the molecule is COc1ccc(Cl)c2sc(NC(=O)Nc3cccc(C(F)(F)F)c3)nc12. The Bertz CT molecular complexity index is 975. The van der Waals surface area contributed by atoms with E-state index in [1.54, 1.807) is 12.1 Å². The van der Waals surface area contributed by atoms with E-state index in [1.165, 1.54) is 19.2 Å². The van der Waals surface area contributed by atoms with Gasteiger partial charge in [0, 0.05) is 5.69 Å². The van der Waals surface area contributed by atoms with Crippen LogP contribution < -0.4 is 15.4 Å². The van der Waals surface area contributed by atoms with Gasteiger partial charge in [0.1, 0.15) is 11.3 Å². The predicted octanol–water partition coefficient (Wildman–Crippen LogP) is 5.62. The minimum Gasteiger partial charge on any atom is -0.494 e. The highest BCUT2D eigenvalue weighted by molar-refractivity contribution is 7.23. The number of nitrogens with zero attached hydrogens (tertiary/aromatic N) is 1. The summed E-state index contributed by atoms with van der Waals surface area (Å²) in [5, 5.41) is 5.50. The maximum absolute atomic E-state index is 12.7. The molecule has 5 nitrogen and oxygen atoms in total. The standard InChI is InChI=1S/C16H11ClF3N3O2S/c1-25-11-6-5-10(17)13-12(11)22-15(26-13)23-14(24)21-9-4-2-3-8(7-9)16(18,19)20/h2-7H,1H3,(H2,21,22,23,24). The lowest BCUT2D eigenvalue weighted by Crippen LogP contribution is -2.19. The Balaban J connectivity index is 1.79. The highest BCUT2D eigenvalue weighted by Crippen LogP contribution is 2.37. The van der Waals surface area contributed by atoms with E-state index in [1.807, 2.05) is 0 Å².